The summed E-state index contributed by atoms with van der Waals surface area (Å²) < 4.78 is 38.7. The van der Waals surface area contributed by atoms with Gasteiger partial charge < -0.3 is 4.98 Å². The van der Waals surface area contributed by atoms with Crippen LogP contribution in [0.4, 0.5) is 30.2 Å². The molecule has 0 bridgehead atoms. The molecular formula is C15H14F3N5O4. The number of nitro groups is 2. The average molecular weight is 385 g/mol. The van der Waals surface area contributed by atoms with E-state index in [1.807, 2.05) is 0 Å². The molecule has 0 amide bonds. The molecule has 2 rings (SSSR count). The van der Waals surface area contributed by atoms with Crippen molar-refractivity contribution >= 4 is 22.8 Å². The van der Waals surface area contributed by atoms with Gasteiger partial charge in [-0.3, -0.25) is 25.7 Å². The quantitative estimate of drug-likeness (QED) is 0.451. The van der Waals surface area contributed by atoms with E-state index < -0.39 is 38.6 Å². The Hall–Kier alpha value is -3.44. The van der Waals surface area contributed by atoms with E-state index in [2.05, 4.69) is 15.5 Å². The first-order valence-electron chi connectivity index (χ1n) is 7.42. The maximum atomic E-state index is 12.9. The lowest BCUT2D eigenvalue weighted by Gasteiger charge is -2.10. The Morgan fingerprint density at radius 1 is 1.15 bits per heavy atom. The van der Waals surface area contributed by atoms with Crippen LogP contribution in [0.5, 0.6) is 0 Å². The van der Waals surface area contributed by atoms with E-state index in [-0.39, 0.29) is 12.1 Å². The van der Waals surface area contributed by atoms with Gasteiger partial charge in [0.1, 0.15) is 0 Å². The minimum absolute atomic E-state index is 0.229. The highest BCUT2D eigenvalue weighted by molar-refractivity contribution is 6.01. The maximum absolute atomic E-state index is 12.9. The molecule has 2 N–H and O–H groups in total. The number of benzene rings is 1. The van der Waals surface area contributed by atoms with Crippen LogP contribution in [0.3, 0.4) is 0 Å². The lowest BCUT2D eigenvalue weighted by Crippen LogP contribution is -2.10. The second kappa shape index (κ2) is 7.05. The highest BCUT2D eigenvalue weighted by Gasteiger charge is 2.37. The van der Waals surface area contributed by atoms with Gasteiger partial charge in [-0.2, -0.15) is 18.3 Å². The van der Waals surface area contributed by atoms with Crippen LogP contribution in [0.2, 0.25) is 0 Å². The molecule has 0 fully saturated rings. The third-order valence-electron chi connectivity index (χ3n) is 3.79. The molecule has 0 aliphatic rings. The third kappa shape index (κ3) is 4.04. The lowest BCUT2D eigenvalue weighted by atomic mass is 10.1. The van der Waals surface area contributed by atoms with Crippen LogP contribution in [0.1, 0.15) is 29.3 Å². The van der Waals surface area contributed by atoms with Crippen LogP contribution in [0.15, 0.2) is 23.4 Å². The minimum Gasteiger partial charge on any atom is -0.364 e. The number of aromatic nitrogens is 1. The number of alkyl halides is 3. The largest absolute Gasteiger partial charge is 0.416 e. The fourth-order valence-corrected chi connectivity index (χ4v) is 2.59. The molecule has 1 aromatic heterocycles. The van der Waals surface area contributed by atoms with Crippen LogP contribution >= 0.6 is 0 Å². The number of nitrogens with zero attached hydrogens (tertiary/aromatic N) is 3. The number of hydrazone groups is 1. The van der Waals surface area contributed by atoms with Gasteiger partial charge in [-0.1, -0.05) is 0 Å². The molecule has 0 saturated heterocycles. The number of anilines is 1. The van der Waals surface area contributed by atoms with Crippen molar-refractivity contribution in [1.82, 2.24) is 4.98 Å². The molecule has 9 nitrogen and oxygen atoms in total. The average Bonchev–Trinajstić information content (AvgIpc) is 2.89. The van der Waals surface area contributed by atoms with Crippen molar-refractivity contribution in [3.8, 4) is 0 Å². The Morgan fingerprint density at radius 2 is 1.67 bits per heavy atom. The molecule has 0 radical (unpaired) electrons. The van der Waals surface area contributed by atoms with E-state index in [4.69, 9.17) is 0 Å². The van der Waals surface area contributed by atoms with E-state index in [0.29, 0.717) is 11.3 Å². The molecule has 27 heavy (non-hydrogen) atoms. The predicted octanol–water partition coefficient (Wildman–Crippen LogP) is 4.30. The van der Waals surface area contributed by atoms with E-state index in [1.54, 1.807) is 27.0 Å². The second-order valence-corrected chi connectivity index (χ2v) is 5.68. The number of rotatable bonds is 5. The summed E-state index contributed by atoms with van der Waals surface area (Å²) in [5, 5.41) is 26.3. The lowest BCUT2D eigenvalue weighted by molar-refractivity contribution is -0.392. The predicted molar refractivity (Wildman–Crippen MR) is 90.9 cm³/mol. The monoisotopic (exact) mass is 385 g/mol. The number of halogens is 3. The summed E-state index contributed by atoms with van der Waals surface area (Å²) in [5.41, 5.74) is 0.335. The van der Waals surface area contributed by atoms with Gasteiger partial charge in [0.15, 0.2) is 0 Å². The van der Waals surface area contributed by atoms with Gasteiger partial charge in [0.25, 0.3) is 0 Å². The van der Waals surface area contributed by atoms with Crippen molar-refractivity contribution in [2.45, 2.75) is 26.9 Å². The zero-order valence-corrected chi connectivity index (χ0v) is 14.3. The van der Waals surface area contributed by atoms with Crippen molar-refractivity contribution in [3.05, 3.63) is 60.9 Å². The molecular weight excluding hydrogens is 371 g/mol. The summed E-state index contributed by atoms with van der Waals surface area (Å²) in [6.45, 7) is 5.09. The van der Waals surface area contributed by atoms with Gasteiger partial charge >= 0.3 is 17.6 Å². The Bertz CT molecular complexity index is 895. The molecule has 2 aromatic rings. The molecule has 0 aliphatic heterocycles. The molecule has 144 valence electrons. The van der Waals surface area contributed by atoms with Crippen molar-refractivity contribution < 1.29 is 23.0 Å². The number of nitrogens with one attached hydrogen (secondary N) is 2. The van der Waals surface area contributed by atoms with Crippen LogP contribution < -0.4 is 5.43 Å². The molecule has 0 aliphatic carbocycles. The maximum Gasteiger partial charge on any atom is 0.416 e. The topological polar surface area (TPSA) is 126 Å². The normalized spacial score (nSPS) is 12.1. The third-order valence-corrected chi connectivity index (χ3v) is 3.79. The Balaban J connectivity index is 2.60. The molecule has 0 unspecified atom stereocenters. The number of hydrogen-bond acceptors (Lipinski definition) is 6. The zero-order valence-electron chi connectivity index (χ0n) is 14.3. The Kier molecular flexibility index (Phi) is 5.19. The van der Waals surface area contributed by atoms with Gasteiger partial charge in [0, 0.05) is 29.6 Å². The fourth-order valence-electron chi connectivity index (χ4n) is 2.59. The summed E-state index contributed by atoms with van der Waals surface area (Å²) in [5.74, 6) is 0. The highest BCUT2D eigenvalue weighted by Crippen LogP contribution is 2.41. The van der Waals surface area contributed by atoms with Crippen molar-refractivity contribution in [1.29, 1.82) is 0 Å². The van der Waals surface area contributed by atoms with Crippen molar-refractivity contribution in [2.24, 2.45) is 5.10 Å². The summed E-state index contributed by atoms with van der Waals surface area (Å²) in [6.07, 6.45) is -3.28. The second-order valence-electron chi connectivity index (χ2n) is 5.68. The van der Waals surface area contributed by atoms with Gasteiger partial charge in [0.2, 0.25) is 5.69 Å². The molecule has 1 heterocycles. The summed E-state index contributed by atoms with van der Waals surface area (Å²) in [4.78, 5) is 23.0. The summed E-state index contributed by atoms with van der Waals surface area (Å²) >= 11 is 0. The number of aryl methyl sites for hydroxylation is 2. The zero-order chi connectivity index (χ0) is 20.5. The first kappa shape index (κ1) is 19.9. The number of nitro benzene ring substituents is 2. The van der Waals surface area contributed by atoms with E-state index in [9.17, 15) is 33.4 Å². The van der Waals surface area contributed by atoms with Crippen LogP contribution in [-0.4, -0.2) is 20.5 Å². The Morgan fingerprint density at radius 3 is 2.04 bits per heavy atom. The van der Waals surface area contributed by atoms with Gasteiger partial charge in [-0.25, -0.2) is 0 Å². The van der Waals surface area contributed by atoms with Gasteiger partial charge in [-0.15, -0.1) is 0 Å². The Labute approximate surface area is 150 Å². The standard InChI is InChI=1S/C15H14F3N5O4/c1-7-6-19-8(2)13(7)9(3)20-21-14-11(22(24)25)4-10(15(16,17)18)5-12(14)23(26)27/h4-6,19,21H,1-3H3/b20-9+. The van der Waals surface area contributed by atoms with Gasteiger partial charge in [-0.05, 0) is 26.3 Å². The first-order chi connectivity index (χ1) is 12.4. The molecule has 0 atom stereocenters. The minimum atomic E-state index is -4.98. The molecule has 0 saturated carbocycles. The summed E-state index contributed by atoms with van der Waals surface area (Å²) in [6, 6.07) is 0.458. The van der Waals surface area contributed by atoms with E-state index in [0.717, 1.165) is 11.3 Å². The van der Waals surface area contributed by atoms with E-state index >= 15 is 0 Å². The number of hydrogen-bond donors (Lipinski definition) is 2. The smallest absolute Gasteiger partial charge is 0.364 e. The van der Waals surface area contributed by atoms with Crippen LogP contribution in [-0.2, 0) is 6.18 Å². The number of H-pyrrole nitrogens is 1. The van der Waals surface area contributed by atoms with Crippen LogP contribution in [0.25, 0.3) is 0 Å². The van der Waals surface area contributed by atoms with E-state index in [1.165, 1.54) is 0 Å². The summed E-state index contributed by atoms with van der Waals surface area (Å²) in [7, 11) is 0. The molecule has 0 spiro atoms. The molecule has 12 heteroatoms. The SMILES string of the molecule is C/C(=N\Nc1c([N+](=O)[O-])cc(C(F)(F)F)cc1[N+](=O)[O-])c1c(C)c[nH]c1C. The van der Waals surface area contributed by atoms with Crippen molar-refractivity contribution in [2.75, 3.05) is 5.43 Å². The molecule has 1 aromatic carbocycles. The highest BCUT2D eigenvalue weighted by atomic mass is 19.4. The fraction of sp³-hybridized carbons (Fsp3) is 0.267. The number of aromatic amines is 1. The van der Waals surface area contributed by atoms with Gasteiger partial charge in [0.05, 0.1) is 21.1 Å². The first-order valence-corrected chi connectivity index (χ1v) is 7.42. The van der Waals surface area contributed by atoms with Crippen LogP contribution in [0, 0.1) is 34.1 Å². The van der Waals surface area contributed by atoms with Crippen molar-refractivity contribution in [3.63, 3.8) is 0 Å².